The molecule has 0 bridgehead atoms. The van der Waals surface area contributed by atoms with Gasteiger partial charge < -0.3 is 24.4 Å². The summed E-state index contributed by atoms with van der Waals surface area (Å²) in [5.41, 5.74) is 0.403. The maximum absolute atomic E-state index is 12.3. The van der Waals surface area contributed by atoms with Gasteiger partial charge in [-0.05, 0) is 25.2 Å². The van der Waals surface area contributed by atoms with Crippen LogP contribution in [0.3, 0.4) is 0 Å². The summed E-state index contributed by atoms with van der Waals surface area (Å²) in [6.45, 7) is 8.78. The lowest BCUT2D eigenvalue weighted by atomic mass is 10.1. The van der Waals surface area contributed by atoms with E-state index >= 15 is 0 Å². The van der Waals surface area contributed by atoms with E-state index in [1.54, 1.807) is 18.2 Å². The smallest absolute Gasteiger partial charge is 0.258 e. The van der Waals surface area contributed by atoms with E-state index in [9.17, 15) is 4.79 Å². The second-order valence-corrected chi connectivity index (χ2v) is 4.93. The molecule has 130 valence electrons. The molecule has 0 aliphatic carbocycles. The summed E-state index contributed by atoms with van der Waals surface area (Å²) in [5.74, 6) is 0.750. The molecule has 1 aromatic carbocycles. The van der Waals surface area contributed by atoms with Gasteiger partial charge in [-0.1, -0.05) is 19.9 Å². The van der Waals surface area contributed by atoms with Gasteiger partial charge >= 0.3 is 0 Å². The van der Waals surface area contributed by atoms with E-state index in [2.05, 4.69) is 24.1 Å². The van der Waals surface area contributed by atoms with Crippen LogP contribution in [0.1, 0.15) is 24.2 Å². The molecule has 1 amide bonds. The molecule has 6 heteroatoms. The number of likely N-dealkylation sites (N-methyl/N-ethyl adjacent to an activating group) is 1. The van der Waals surface area contributed by atoms with Crippen LogP contribution in [0.4, 0.5) is 0 Å². The molecule has 0 aliphatic heterocycles. The van der Waals surface area contributed by atoms with E-state index in [-0.39, 0.29) is 5.91 Å². The van der Waals surface area contributed by atoms with E-state index < -0.39 is 0 Å². The molecule has 0 saturated carbocycles. The predicted molar refractivity (Wildman–Crippen MR) is 90.5 cm³/mol. The van der Waals surface area contributed by atoms with Crippen molar-refractivity contribution < 1.29 is 19.0 Å². The Morgan fingerprint density at radius 3 is 2.22 bits per heavy atom. The molecule has 0 aliphatic rings. The Balaban J connectivity index is 2.40. The first-order valence-corrected chi connectivity index (χ1v) is 7.97. The summed E-state index contributed by atoms with van der Waals surface area (Å²) in [5, 5.41) is 2.83. The average Bonchev–Trinajstić information content (AvgIpc) is 2.60. The van der Waals surface area contributed by atoms with E-state index in [0.29, 0.717) is 36.8 Å². The number of nitrogens with zero attached hydrogens (tertiary/aromatic N) is 1. The number of benzene rings is 1. The number of nitrogens with one attached hydrogen (secondary N) is 1. The fourth-order valence-corrected chi connectivity index (χ4v) is 2.24. The summed E-state index contributed by atoms with van der Waals surface area (Å²) < 4.78 is 16.0. The van der Waals surface area contributed by atoms with Gasteiger partial charge in [0.05, 0.1) is 27.4 Å². The van der Waals surface area contributed by atoms with Crippen molar-refractivity contribution in [1.82, 2.24) is 10.2 Å². The fraction of sp³-hybridized carbons (Fsp3) is 0.588. The van der Waals surface area contributed by atoms with Crippen molar-refractivity contribution >= 4 is 5.91 Å². The van der Waals surface area contributed by atoms with Crippen LogP contribution in [0.15, 0.2) is 18.2 Å². The van der Waals surface area contributed by atoms with E-state index in [1.807, 2.05) is 0 Å². The van der Waals surface area contributed by atoms with Crippen molar-refractivity contribution in [2.24, 2.45) is 0 Å². The molecular weight excluding hydrogens is 296 g/mol. The van der Waals surface area contributed by atoms with Crippen LogP contribution < -0.4 is 14.8 Å². The monoisotopic (exact) mass is 324 g/mol. The molecule has 0 atom stereocenters. The lowest BCUT2D eigenvalue weighted by molar-refractivity contribution is 0.0879. The van der Waals surface area contributed by atoms with Crippen LogP contribution in [-0.4, -0.2) is 64.4 Å². The number of hydrogen-bond acceptors (Lipinski definition) is 5. The second-order valence-electron chi connectivity index (χ2n) is 4.93. The Morgan fingerprint density at radius 2 is 1.70 bits per heavy atom. The van der Waals surface area contributed by atoms with Gasteiger partial charge in [-0.3, -0.25) is 4.79 Å². The van der Waals surface area contributed by atoms with Crippen molar-refractivity contribution in [3.8, 4) is 11.5 Å². The van der Waals surface area contributed by atoms with Gasteiger partial charge in [0.25, 0.3) is 5.91 Å². The van der Waals surface area contributed by atoms with Crippen LogP contribution in [0.25, 0.3) is 0 Å². The number of carbonyl (C=O) groups is 1. The highest BCUT2D eigenvalue weighted by atomic mass is 16.5. The van der Waals surface area contributed by atoms with Crippen molar-refractivity contribution in [2.75, 3.05) is 53.6 Å². The zero-order valence-corrected chi connectivity index (χ0v) is 14.6. The van der Waals surface area contributed by atoms with Crippen LogP contribution in [0, 0.1) is 0 Å². The number of hydrogen-bond donors (Lipinski definition) is 1. The number of methoxy groups -OCH3 is 2. The number of ether oxygens (including phenoxy) is 3. The maximum Gasteiger partial charge on any atom is 0.258 e. The number of amides is 1. The molecule has 23 heavy (non-hydrogen) atoms. The average molecular weight is 324 g/mol. The summed E-state index contributed by atoms with van der Waals surface area (Å²) in [6.07, 6.45) is 0. The highest BCUT2D eigenvalue weighted by molar-refractivity contribution is 5.99. The Hall–Kier alpha value is -1.79. The van der Waals surface area contributed by atoms with Crippen LogP contribution in [0.2, 0.25) is 0 Å². The minimum atomic E-state index is -0.230. The zero-order chi connectivity index (χ0) is 17.1. The largest absolute Gasteiger partial charge is 0.496 e. The van der Waals surface area contributed by atoms with Gasteiger partial charge in [0.1, 0.15) is 17.1 Å². The molecule has 0 radical (unpaired) electrons. The minimum Gasteiger partial charge on any atom is -0.496 e. The molecule has 6 nitrogen and oxygen atoms in total. The maximum atomic E-state index is 12.3. The second kappa shape index (κ2) is 10.9. The summed E-state index contributed by atoms with van der Waals surface area (Å²) >= 11 is 0. The van der Waals surface area contributed by atoms with Crippen molar-refractivity contribution in [2.45, 2.75) is 13.8 Å². The lowest BCUT2D eigenvalue weighted by Gasteiger charge is -2.17. The topological polar surface area (TPSA) is 60.0 Å². The Bertz CT molecular complexity index is 453. The van der Waals surface area contributed by atoms with Gasteiger partial charge in [0, 0.05) is 13.1 Å². The normalized spacial score (nSPS) is 10.7. The highest BCUT2D eigenvalue weighted by Gasteiger charge is 2.17. The Labute approximate surface area is 138 Å². The first-order valence-electron chi connectivity index (χ1n) is 7.97. The van der Waals surface area contributed by atoms with Gasteiger partial charge in [-0.2, -0.15) is 0 Å². The predicted octanol–water partition coefficient (Wildman–Crippen LogP) is 1.79. The highest BCUT2D eigenvalue weighted by Crippen LogP contribution is 2.27. The molecule has 1 rings (SSSR count). The van der Waals surface area contributed by atoms with Crippen molar-refractivity contribution in [1.29, 1.82) is 0 Å². The van der Waals surface area contributed by atoms with E-state index in [4.69, 9.17) is 14.2 Å². The van der Waals surface area contributed by atoms with E-state index in [0.717, 1.165) is 19.6 Å². The molecule has 1 aromatic rings. The number of carbonyl (C=O) groups excluding carboxylic acids is 1. The standard InChI is InChI=1S/C17H28N2O4/c1-5-19(6-2)11-13-23-12-10-18-17(20)16-14(21-3)8-7-9-15(16)22-4/h7-9H,5-6,10-13H2,1-4H3,(H,18,20). The third-order valence-corrected chi connectivity index (χ3v) is 3.63. The third kappa shape index (κ3) is 6.08. The SMILES string of the molecule is CCN(CC)CCOCCNC(=O)c1c(OC)cccc1OC. The molecule has 1 N–H and O–H groups in total. The molecule has 0 saturated heterocycles. The summed E-state index contributed by atoms with van der Waals surface area (Å²) in [7, 11) is 3.06. The van der Waals surface area contributed by atoms with E-state index in [1.165, 1.54) is 14.2 Å². The molecule has 0 fully saturated rings. The quantitative estimate of drug-likeness (QED) is 0.629. The van der Waals surface area contributed by atoms with Gasteiger partial charge in [0.2, 0.25) is 0 Å². The Kier molecular flexibility index (Phi) is 9.09. The van der Waals surface area contributed by atoms with Gasteiger partial charge in [-0.15, -0.1) is 0 Å². The molecule has 0 aromatic heterocycles. The molecule has 0 heterocycles. The first-order chi connectivity index (χ1) is 11.2. The van der Waals surface area contributed by atoms with Crippen molar-refractivity contribution in [3.05, 3.63) is 23.8 Å². The zero-order valence-electron chi connectivity index (χ0n) is 14.6. The molecule has 0 spiro atoms. The Morgan fingerprint density at radius 1 is 1.09 bits per heavy atom. The summed E-state index contributed by atoms with van der Waals surface area (Å²) in [4.78, 5) is 14.6. The van der Waals surface area contributed by atoms with Crippen LogP contribution >= 0.6 is 0 Å². The summed E-state index contributed by atoms with van der Waals surface area (Å²) in [6, 6.07) is 5.25. The lowest BCUT2D eigenvalue weighted by Crippen LogP contribution is -2.30. The first kappa shape index (κ1) is 19.3. The van der Waals surface area contributed by atoms with Crippen LogP contribution in [-0.2, 0) is 4.74 Å². The molecular formula is C17H28N2O4. The van der Waals surface area contributed by atoms with Crippen molar-refractivity contribution in [3.63, 3.8) is 0 Å². The third-order valence-electron chi connectivity index (χ3n) is 3.63. The number of rotatable bonds is 11. The van der Waals surface area contributed by atoms with Gasteiger partial charge in [0.15, 0.2) is 0 Å². The van der Waals surface area contributed by atoms with Crippen LogP contribution in [0.5, 0.6) is 11.5 Å². The fourth-order valence-electron chi connectivity index (χ4n) is 2.24. The van der Waals surface area contributed by atoms with Gasteiger partial charge in [-0.25, -0.2) is 0 Å². The molecule has 0 unspecified atom stereocenters. The minimum absolute atomic E-state index is 0.230.